The first-order valence-corrected chi connectivity index (χ1v) is 27.8. The summed E-state index contributed by atoms with van der Waals surface area (Å²) in [5.41, 5.74) is 8.60. The Morgan fingerprint density at radius 1 is 0.642 bits per heavy atom. The number of hydrogen-bond donors (Lipinski definition) is 5. The second kappa shape index (κ2) is 31.7. The van der Waals surface area contributed by atoms with Crippen molar-refractivity contribution in [3.63, 3.8) is 0 Å². The molecule has 19 heteroatoms. The maximum Gasteiger partial charge on any atom is 0.335 e. The highest BCUT2D eigenvalue weighted by atomic mass is 35.5. The second-order valence-corrected chi connectivity index (χ2v) is 22.2. The zero-order valence-electron chi connectivity index (χ0n) is 40.4. The topological polar surface area (TPSA) is 210 Å². The van der Waals surface area contributed by atoms with E-state index in [9.17, 15) is 26.4 Å². The average molecular weight is 1020 g/mol. The van der Waals surface area contributed by atoms with Crippen molar-refractivity contribution in [3.8, 4) is 0 Å². The largest absolute Gasteiger partial charge is 0.478 e. The summed E-state index contributed by atoms with van der Waals surface area (Å²) in [6.07, 6.45) is 17.2. The van der Waals surface area contributed by atoms with E-state index in [0.29, 0.717) is 29.0 Å². The molecule has 0 spiro atoms. The molecular formula is C48H82Cl2N6O9S2. The molecule has 2 saturated carbocycles. The van der Waals surface area contributed by atoms with Crippen molar-refractivity contribution in [2.24, 2.45) is 29.4 Å². The Morgan fingerprint density at radius 3 is 1.52 bits per heavy atom. The summed E-state index contributed by atoms with van der Waals surface area (Å²) < 4.78 is 60.1. The minimum atomic E-state index is -3.24. The quantitative estimate of drug-likeness (QED) is 0.105. The fourth-order valence-electron chi connectivity index (χ4n) is 9.44. The van der Waals surface area contributed by atoms with E-state index in [0.717, 1.165) is 95.2 Å². The molecule has 6 atom stereocenters. The molecule has 4 fully saturated rings. The first kappa shape index (κ1) is 60.7. The summed E-state index contributed by atoms with van der Waals surface area (Å²) in [5, 5.41) is 11.9. The number of benzene rings is 2. The molecule has 2 aromatic rings. The van der Waals surface area contributed by atoms with Crippen LogP contribution in [-0.2, 0) is 42.6 Å². The van der Waals surface area contributed by atoms with Crippen molar-refractivity contribution in [3.05, 3.63) is 70.8 Å². The van der Waals surface area contributed by atoms with E-state index in [-0.39, 0.29) is 55.4 Å². The Balaban J connectivity index is 0.000000373. The number of likely N-dealkylation sites (tertiary alicyclic amines) is 2. The van der Waals surface area contributed by atoms with Gasteiger partial charge in [-0.1, -0.05) is 49.9 Å². The van der Waals surface area contributed by atoms with E-state index in [1.54, 1.807) is 36.4 Å². The lowest BCUT2D eigenvalue weighted by Crippen LogP contribution is -2.48. The Morgan fingerprint density at radius 2 is 1.07 bits per heavy atom. The first-order chi connectivity index (χ1) is 31.0. The fraction of sp³-hybridized carbons (Fsp3) is 0.708. The number of nitrogens with one attached hydrogen (secondary N) is 3. The van der Waals surface area contributed by atoms with Crippen LogP contribution in [0.1, 0.15) is 123 Å². The van der Waals surface area contributed by atoms with E-state index in [1.807, 2.05) is 0 Å². The minimum absolute atomic E-state index is 0. The summed E-state index contributed by atoms with van der Waals surface area (Å²) in [5.74, 6) is 1.55. The van der Waals surface area contributed by atoms with Crippen LogP contribution in [0.2, 0.25) is 0 Å². The number of ether oxygens (including phenoxy) is 2. The van der Waals surface area contributed by atoms with Gasteiger partial charge in [0.2, 0.25) is 20.0 Å². The molecule has 6 N–H and O–H groups in total. The lowest BCUT2D eigenvalue weighted by molar-refractivity contribution is 0.0547. The first-order valence-electron chi connectivity index (χ1n) is 24.0. The van der Waals surface area contributed by atoms with Crippen LogP contribution in [0.4, 0.5) is 0 Å². The number of hydrogen-bond acceptors (Lipinski definition) is 11. The maximum absolute atomic E-state index is 12.9. The number of carboxylic acids is 1. The van der Waals surface area contributed by atoms with Gasteiger partial charge in [0.25, 0.3) is 5.91 Å². The molecule has 2 aromatic carbocycles. The number of rotatable bonds is 19. The molecule has 2 aliphatic heterocycles. The van der Waals surface area contributed by atoms with Crippen LogP contribution in [0.25, 0.3) is 0 Å². The number of piperidine rings is 2. The SMILES string of the molecule is CCOC[C@H]1CCCN(C[C@H]2CCCC[C@@H]2N)C1.CCOC[C@H]1CCCN(C[C@H]2CCCC[C@@H]2NC(=O)c2ccc(CNS(C)(=O)=O)cc2)C1.CS(=O)(=O)NCc1ccc(C(=O)O)cc1.Cl.Cl. The van der Waals surface area contributed by atoms with E-state index in [4.69, 9.17) is 20.3 Å². The van der Waals surface area contributed by atoms with Gasteiger partial charge >= 0.3 is 5.97 Å². The summed E-state index contributed by atoms with van der Waals surface area (Å²) in [6.45, 7) is 15.0. The number of carbonyl (C=O) groups excluding carboxylic acids is 1. The summed E-state index contributed by atoms with van der Waals surface area (Å²) in [7, 11) is -6.45. The minimum Gasteiger partial charge on any atom is -0.478 e. The molecule has 2 aliphatic carbocycles. The molecule has 0 radical (unpaired) electrons. The molecule has 0 aromatic heterocycles. The van der Waals surface area contributed by atoms with Crippen LogP contribution < -0.4 is 20.5 Å². The van der Waals surface area contributed by atoms with Gasteiger partial charge in [-0.3, -0.25) is 4.79 Å². The lowest BCUT2D eigenvalue weighted by Gasteiger charge is -2.39. The van der Waals surface area contributed by atoms with Crippen LogP contribution in [0, 0.1) is 23.7 Å². The standard InChI is InChI=1S/C24H39N3O4S.C15H30N2O.C9H11NO4S.2ClH/c1-3-31-18-20-7-6-14-27(16-20)17-22-8-4-5-9-23(22)26-24(28)21-12-10-19(11-13-21)15-25-32(2,29)30;1-2-18-12-13-6-5-9-17(10-13)11-14-7-3-4-8-15(14)16;1-15(13,14)10-6-7-2-4-8(5-3-7)9(11)12;;/h10-13,20,22-23,25H,3-9,14-18H2,1-2H3,(H,26,28);13-15H,2-12,16H2,1H3;2-5,10H,6H2,1H3,(H,11,12);2*1H/t20-,22+,23-;13-,14+,15-;;;/m00.../s1. The number of carboxylic acid groups (broad SMARTS) is 1. The van der Waals surface area contributed by atoms with Gasteiger partial charge in [0.05, 0.1) is 31.3 Å². The van der Waals surface area contributed by atoms with Crippen LogP contribution in [0.5, 0.6) is 0 Å². The van der Waals surface area contributed by atoms with Gasteiger partial charge in [0, 0.05) is 70.1 Å². The number of nitrogens with zero attached hydrogens (tertiary/aromatic N) is 2. The van der Waals surface area contributed by atoms with Crippen molar-refractivity contribution in [2.75, 3.05) is 78.2 Å². The van der Waals surface area contributed by atoms with Crippen LogP contribution in [0.3, 0.4) is 0 Å². The van der Waals surface area contributed by atoms with E-state index >= 15 is 0 Å². The Kier molecular flexibility index (Phi) is 28.8. The van der Waals surface area contributed by atoms with Gasteiger partial charge in [0.15, 0.2) is 0 Å². The Hall–Kier alpha value is -2.42. The molecule has 6 rings (SSSR count). The third kappa shape index (κ3) is 24.3. The molecule has 0 bridgehead atoms. The number of aromatic carboxylic acids is 1. The molecule has 0 unspecified atom stereocenters. The van der Waals surface area contributed by atoms with Gasteiger partial charge in [-0.05, 0) is 137 Å². The average Bonchev–Trinajstić information content (AvgIpc) is 3.28. The van der Waals surface area contributed by atoms with E-state index in [1.165, 1.54) is 89.6 Å². The third-order valence-corrected chi connectivity index (χ3v) is 14.3. The highest BCUT2D eigenvalue weighted by Crippen LogP contribution is 2.29. The zero-order valence-corrected chi connectivity index (χ0v) is 43.6. The molecular weight excluding hydrogens is 940 g/mol. The van der Waals surface area contributed by atoms with E-state index in [2.05, 4.69) is 38.4 Å². The smallest absolute Gasteiger partial charge is 0.335 e. The second-order valence-electron chi connectivity index (χ2n) is 18.6. The predicted molar refractivity (Wildman–Crippen MR) is 272 cm³/mol. The van der Waals surface area contributed by atoms with Gasteiger partial charge in [0.1, 0.15) is 0 Å². The van der Waals surface area contributed by atoms with Gasteiger partial charge in [-0.25, -0.2) is 31.1 Å². The van der Waals surface area contributed by atoms with Gasteiger partial charge in [-0.15, -0.1) is 24.8 Å². The summed E-state index contributed by atoms with van der Waals surface area (Å²) in [6, 6.07) is 13.8. The monoisotopic (exact) mass is 1020 g/mol. The number of nitrogens with two attached hydrogens (primary N) is 1. The molecule has 1 amide bonds. The van der Waals surface area contributed by atoms with Crippen molar-refractivity contribution in [1.29, 1.82) is 0 Å². The highest BCUT2D eigenvalue weighted by Gasteiger charge is 2.31. The van der Waals surface area contributed by atoms with Gasteiger partial charge in [-0.2, -0.15) is 0 Å². The normalized spacial score (nSPS) is 23.7. The number of sulfonamides is 2. The number of carbonyl (C=O) groups is 2. The fourth-order valence-corrected chi connectivity index (χ4v) is 10.3. The maximum atomic E-state index is 12.9. The van der Waals surface area contributed by atoms with Crippen LogP contribution >= 0.6 is 24.8 Å². The number of amides is 1. The molecule has 2 saturated heterocycles. The molecule has 2 heterocycles. The molecule has 384 valence electrons. The summed E-state index contributed by atoms with van der Waals surface area (Å²) >= 11 is 0. The lowest BCUT2D eigenvalue weighted by atomic mass is 9.83. The predicted octanol–water partition coefficient (Wildman–Crippen LogP) is 6.30. The molecule has 15 nitrogen and oxygen atoms in total. The Labute approximate surface area is 414 Å². The Bertz CT molecular complexity index is 1930. The van der Waals surface area contributed by atoms with Crippen LogP contribution in [0.15, 0.2) is 48.5 Å². The van der Waals surface area contributed by atoms with Crippen LogP contribution in [-0.4, -0.2) is 134 Å². The summed E-state index contributed by atoms with van der Waals surface area (Å²) in [4.78, 5) is 28.6. The van der Waals surface area contributed by atoms with Crippen molar-refractivity contribution in [1.82, 2.24) is 24.6 Å². The van der Waals surface area contributed by atoms with Crippen molar-refractivity contribution < 1.29 is 41.0 Å². The molecule has 67 heavy (non-hydrogen) atoms. The van der Waals surface area contributed by atoms with E-state index < -0.39 is 26.0 Å². The highest BCUT2D eigenvalue weighted by molar-refractivity contribution is 7.88. The molecule has 4 aliphatic rings. The zero-order chi connectivity index (χ0) is 47.2. The number of halogens is 2. The third-order valence-electron chi connectivity index (χ3n) is 13.0. The van der Waals surface area contributed by atoms with Crippen molar-refractivity contribution >= 4 is 56.7 Å². The van der Waals surface area contributed by atoms with Crippen molar-refractivity contribution in [2.45, 2.75) is 116 Å². The van der Waals surface area contributed by atoms with Gasteiger partial charge < -0.3 is 35.4 Å².